The number of rotatable bonds is 3. The number of carbonyl (C=O) groups is 2. The second-order valence-corrected chi connectivity index (χ2v) is 7.85. The molecule has 1 atom stereocenters. The van der Waals surface area contributed by atoms with E-state index < -0.39 is 11.0 Å². The smallest absolute Gasteiger partial charge is 0.249 e. The fourth-order valence-electron chi connectivity index (χ4n) is 3.26. The van der Waals surface area contributed by atoms with Crippen molar-refractivity contribution < 1.29 is 9.59 Å². The molecule has 1 aliphatic heterocycles. The van der Waals surface area contributed by atoms with Gasteiger partial charge in [0.1, 0.15) is 5.54 Å². The molecule has 1 fully saturated rings. The van der Waals surface area contributed by atoms with Gasteiger partial charge in [-0.15, -0.1) is 0 Å². The van der Waals surface area contributed by atoms with Crippen LogP contribution in [-0.4, -0.2) is 54.3 Å². The first kappa shape index (κ1) is 18.3. The van der Waals surface area contributed by atoms with Gasteiger partial charge in [0.2, 0.25) is 11.8 Å². The third-order valence-corrected chi connectivity index (χ3v) is 4.39. The number of nitrogens with one attached hydrogen (secondary N) is 1. The Morgan fingerprint density at radius 2 is 1.79 bits per heavy atom. The number of amides is 2. The van der Waals surface area contributed by atoms with Crippen molar-refractivity contribution in [2.75, 3.05) is 32.5 Å². The summed E-state index contributed by atoms with van der Waals surface area (Å²) in [6, 6.07) is 9.74. The third kappa shape index (κ3) is 3.89. The Balaban J connectivity index is 2.32. The maximum Gasteiger partial charge on any atom is 0.249 e. The summed E-state index contributed by atoms with van der Waals surface area (Å²) in [5.41, 5.74) is -0.321. The topological polar surface area (TPSA) is 52.7 Å². The molecule has 1 N–H and O–H groups in total. The van der Waals surface area contributed by atoms with E-state index >= 15 is 0 Å². The van der Waals surface area contributed by atoms with Crippen LogP contribution in [0.15, 0.2) is 30.3 Å². The third-order valence-electron chi connectivity index (χ3n) is 4.39. The zero-order chi connectivity index (χ0) is 18.0. The molecule has 0 bridgehead atoms. The van der Waals surface area contributed by atoms with Crippen LogP contribution in [0.5, 0.6) is 0 Å². The zero-order valence-corrected chi connectivity index (χ0v) is 15.4. The van der Waals surface area contributed by atoms with Crippen LogP contribution in [0, 0.1) is 5.41 Å². The van der Waals surface area contributed by atoms with Gasteiger partial charge < -0.3 is 15.1 Å². The highest BCUT2D eigenvalue weighted by molar-refractivity contribution is 5.91. The van der Waals surface area contributed by atoms with Gasteiger partial charge in [-0.1, -0.05) is 39.0 Å². The number of likely N-dealkylation sites (N-methyl/N-ethyl adjacent to an activating group) is 1. The van der Waals surface area contributed by atoms with Crippen LogP contribution in [-0.2, 0) is 9.59 Å². The first-order chi connectivity index (χ1) is 11.2. The molecule has 24 heavy (non-hydrogen) atoms. The molecule has 2 rings (SSSR count). The zero-order valence-electron chi connectivity index (χ0n) is 15.4. The van der Waals surface area contributed by atoms with E-state index in [2.05, 4.69) is 5.32 Å². The number of carbonyl (C=O) groups excluding carboxylic acids is 2. The van der Waals surface area contributed by atoms with Crippen molar-refractivity contribution in [3.05, 3.63) is 30.3 Å². The molecular weight excluding hydrogens is 302 g/mol. The normalized spacial score (nSPS) is 21.3. The van der Waals surface area contributed by atoms with Gasteiger partial charge in [0.05, 0.1) is 6.54 Å². The number of likely N-dealkylation sites (tertiary alicyclic amines) is 1. The molecule has 0 aromatic heterocycles. The van der Waals surface area contributed by atoms with Crippen LogP contribution in [0.4, 0.5) is 5.69 Å². The van der Waals surface area contributed by atoms with E-state index in [0.717, 1.165) is 12.1 Å². The molecule has 5 heteroatoms. The fourth-order valence-corrected chi connectivity index (χ4v) is 3.26. The first-order valence-electron chi connectivity index (χ1n) is 8.50. The Morgan fingerprint density at radius 3 is 2.33 bits per heavy atom. The van der Waals surface area contributed by atoms with Crippen molar-refractivity contribution in [1.29, 1.82) is 0 Å². The molecule has 1 aromatic carbocycles. The highest BCUT2D eigenvalue weighted by Gasteiger charge is 2.45. The molecule has 0 saturated carbocycles. The van der Waals surface area contributed by atoms with E-state index in [-0.39, 0.29) is 11.8 Å². The van der Waals surface area contributed by atoms with Gasteiger partial charge in [-0.05, 0) is 25.0 Å². The van der Waals surface area contributed by atoms with Crippen LogP contribution >= 0.6 is 0 Å². The number of para-hydroxylation sites is 1. The minimum atomic E-state index is -0.774. The SMILES string of the molecule is CN(C)C(=O)C1(Nc2ccccc2)CCCN(C(=O)C(C)(C)C)C1. The lowest BCUT2D eigenvalue weighted by Crippen LogP contribution is -2.63. The summed E-state index contributed by atoms with van der Waals surface area (Å²) in [6.45, 7) is 6.86. The average molecular weight is 331 g/mol. The van der Waals surface area contributed by atoms with Gasteiger partial charge in [-0.25, -0.2) is 0 Å². The van der Waals surface area contributed by atoms with Crippen LogP contribution in [0.25, 0.3) is 0 Å². The van der Waals surface area contributed by atoms with Gasteiger partial charge in [0.25, 0.3) is 0 Å². The molecule has 0 spiro atoms. The standard InChI is InChI=1S/C19H29N3O2/c1-18(2,3)16(23)22-13-9-12-19(14-22,17(24)21(4)5)20-15-10-7-6-8-11-15/h6-8,10-11,20H,9,12-14H2,1-5H3. The van der Waals surface area contributed by atoms with Crippen LogP contribution < -0.4 is 5.32 Å². The summed E-state index contributed by atoms with van der Waals surface area (Å²) in [7, 11) is 3.53. The predicted octanol–water partition coefficient (Wildman–Crippen LogP) is 2.59. The highest BCUT2D eigenvalue weighted by atomic mass is 16.2. The Kier molecular flexibility index (Phi) is 5.21. The lowest BCUT2D eigenvalue weighted by Gasteiger charge is -2.45. The molecule has 1 unspecified atom stereocenters. The van der Waals surface area contributed by atoms with Gasteiger partial charge in [0.15, 0.2) is 0 Å². The number of anilines is 1. The number of nitrogens with zero attached hydrogens (tertiary/aromatic N) is 2. The monoisotopic (exact) mass is 331 g/mol. The second-order valence-electron chi connectivity index (χ2n) is 7.85. The Bertz CT molecular complexity index is 592. The molecule has 2 amide bonds. The number of benzene rings is 1. The minimum absolute atomic E-state index is 0.0118. The van der Waals surface area contributed by atoms with Crippen molar-refractivity contribution in [2.45, 2.75) is 39.2 Å². The summed E-state index contributed by atoms with van der Waals surface area (Å²) in [5, 5.41) is 3.43. The van der Waals surface area contributed by atoms with Crippen molar-refractivity contribution in [2.24, 2.45) is 5.41 Å². The van der Waals surface area contributed by atoms with Gasteiger partial charge in [0, 0.05) is 31.7 Å². The molecule has 0 radical (unpaired) electrons. The maximum atomic E-state index is 13.0. The molecular formula is C19H29N3O2. The van der Waals surface area contributed by atoms with E-state index in [9.17, 15) is 9.59 Å². The Hall–Kier alpha value is -2.04. The summed E-state index contributed by atoms with van der Waals surface area (Å²) >= 11 is 0. The van der Waals surface area contributed by atoms with Crippen LogP contribution in [0.2, 0.25) is 0 Å². The van der Waals surface area contributed by atoms with Crippen molar-refractivity contribution in [1.82, 2.24) is 9.80 Å². The van der Waals surface area contributed by atoms with Crippen LogP contribution in [0.1, 0.15) is 33.6 Å². The quantitative estimate of drug-likeness (QED) is 0.926. The number of hydrogen-bond donors (Lipinski definition) is 1. The predicted molar refractivity (Wildman–Crippen MR) is 96.8 cm³/mol. The maximum absolute atomic E-state index is 13.0. The summed E-state index contributed by atoms with van der Waals surface area (Å²) in [6.07, 6.45) is 1.52. The van der Waals surface area contributed by atoms with E-state index in [1.807, 2.05) is 56.0 Å². The highest BCUT2D eigenvalue weighted by Crippen LogP contribution is 2.30. The lowest BCUT2D eigenvalue weighted by molar-refractivity contribution is -0.145. The molecule has 1 aromatic rings. The van der Waals surface area contributed by atoms with Crippen molar-refractivity contribution in [3.8, 4) is 0 Å². The van der Waals surface area contributed by atoms with E-state index in [4.69, 9.17) is 0 Å². The van der Waals surface area contributed by atoms with Crippen molar-refractivity contribution in [3.63, 3.8) is 0 Å². The molecule has 132 valence electrons. The van der Waals surface area contributed by atoms with Gasteiger partial charge in [-0.2, -0.15) is 0 Å². The van der Waals surface area contributed by atoms with Gasteiger partial charge in [-0.3, -0.25) is 9.59 Å². The van der Waals surface area contributed by atoms with Gasteiger partial charge >= 0.3 is 0 Å². The van der Waals surface area contributed by atoms with Crippen molar-refractivity contribution >= 4 is 17.5 Å². The van der Waals surface area contributed by atoms with E-state index in [1.54, 1.807) is 19.0 Å². The lowest BCUT2D eigenvalue weighted by atomic mass is 9.85. The molecule has 1 heterocycles. The number of piperidine rings is 1. The Labute approximate surface area is 145 Å². The number of hydrogen-bond acceptors (Lipinski definition) is 3. The minimum Gasteiger partial charge on any atom is -0.370 e. The van der Waals surface area contributed by atoms with Crippen LogP contribution in [0.3, 0.4) is 0 Å². The molecule has 0 aliphatic carbocycles. The largest absolute Gasteiger partial charge is 0.370 e. The molecule has 1 saturated heterocycles. The fraction of sp³-hybridized carbons (Fsp3) is 0.579. The van der Waals surface area contributed by atoms with E-state index in [0.29, 0.717) is 19.5 Å². The van der Waals surface area contributed by atoms with E-state index in [1.165, 1.54) is 0 Å². The Morgan fingerprint density at radius 1 is 1.17 bits per heavy atom. The summed E-state index contributed by atoms with van der Waals surface area (Å²) in [5.74, 6) is 0.103. The molecule has 5 nitrogen and oxygen atoms in total. The average Bonchev–Trinajstić information content (AvgIpc) is 2.53. The first-order valence-corrected chi connectivity index (χ1v) is 8.50. The summed E-state index contributed by atoms with van der Waals surface area (Å²) < 4.78 is 0. The molecule has 1 aliphatic rings. The second kappa shape index (κ2) is 6.83. The summed E-state index contributed by atoms with van der Waals surface area (Å²) in [4.78, 5) is 29.1.